The molecule has 0 saturated heterocycles. The number of thiazole rings is 1. The van der Waals surface area contributed by atoms with Gasteiger partial charge in [0.05, 0.1) is 10.2 Å². The molecule has 0 saturated carbocycles. The van der Waals surface area contributed by atoms with E-state index in [1.54, 1.807) is 16.9 Å². The molecule has 0 N–H and O–H groups in total. The monoisotopic (exact) mass is 849 g/mol. The Hall–Kier alpha value is -5.25. The number of fused-ring (bicyclic) bond motifs is 4. The van der Waals surface area contributed by atoms with E-state index >= 15 is 0 Å². The van der Waals surface area contributed by atoms with Crippen LogP contribution in [0, 0.1) is 0 Å². The van der Waals surface area contributed by atoms with Crippen LogP contribution in [-0.4, -0.2) is 4.98 Å². The van der Waals surface area contributed by atoms with E-state index in [1.165, 1.54) is 171 Å². The largest absolute Gasteiger partial charge is 0.310 e. The van der Waals surface area contributed by atoms with E-state index in [2.05, 4.69) is 176 Å². The average Bonchev–Trinajstić information content (AvgIpc) is 3.88. The molecule has 0 amide bonds. The van der Waals surface area contributed by atoms with Crippen LogP contribution in [0.2, 0.25) is 0 Å². The Balaban J connectivity index is 1.13. The van der Waals surface area contributed by atoms with Gasteiger partial charge in [-0.2, -0.15) is 0 Å². The van der Waals surface area contributed by atoms with E-state index in [0.717, 1.165) is 10.5 Å². The van der Waals surface area contributed by atoms with Crippen molar-refractivity contribution in [2.45, 2.75) is 135 Å². The summed E-state index contributed by atoms with van der Waals surface area (Å²) in [7, 11) is 0. The molecule has 0 fully saturated rings. The lowest BCUT2D eigenvalue weighted by Crippen LogP contribution is -2.26. The molecule has 0 unspecified atom stereocenters. The molecule has 1 aliphatic rings. The maximum absolute atomic E-state index is 4.91. The van der Waals surface area contributed by atoms with Gasteiger partial charge < -0.3 is 4.90 Å². The predicted octanol–water partition coefficient (Wildman–Crippen LogP) is 18.9. The molecule has 63 heavy (non-hydrogen) atoms. The predicted molar refractivity (Wildman–Crippen MR) is 276 cm³/mol. The van der Waals surface area contributed by atoms with Crippen LogP contribution >= 0.6 is 11.3 Å². The van der Waals surface area contributed by atoms with Gasteiger partial charge in [0.1, 0.15) is 5.01 Å². The molecule has 6 aromatic carbocycles. The number of anilines is 3. The van der Waals surface area contributed by atoms with Crippen LogP contribution in [0.3, 0.4) is 0 Å². The van der Waals surface area contributed by atoms with Crippen molar-refractivity contribution < 1.29 is 0 Å². The number of aromatic nitrogens is 1. The minimum Gasteiger partial charge on any atom is -0.310 e. The summed E-state index contributed by atoms with van der Waals surface area (Å²) in [5.74, 6) is 0. The van der Waals surface area contributed by atoms with Crippen molar-refractivity contribution in [1.82, 2.24) is 4.98 Å². The third kappa shape index (κ3) is 10.9. The number of hydrogen-bond donors (Lipinski definition) is 0. The van der Waals surface area contributed by atoms with Crippen LogP contribution in [0.25, 0.3) is 44.1 Å². The van der Waals surface area contributed by atoms with E-state index in [0.29, 0.717) is 0 Å². The Labute approximate surface area is 383 Å². The highest BCUT2D eigenvalue weighted by atomic mass is 32.1. The fourth-order valence-corrected chi connectivity index (χ4v) is 11.0. The Bertz CT molecular complexity index is 2400. The standard InChI is InChI=1S/C60H68N2S/c1-3-5-7-9-11-13-15-25-43-60(44-26-16-14-12-10-8-6-4-2)55-45-48(34-33-47-35-38-49(39-36-47)59-61-57-31-23-24-32-58(57)63-59)37-41-53(55)54-42-40-52(46-56(54)60)62(50-27-19-17-20-28-50)51-29-21-18-22-30-51/h17-24,27-42,45-46H,3-16,25-26,43-44H2,1-2H3/b34-33+. The zero-order chi connectivity index (χ0) is 43.1. The average molecular weight is 849 g/mol. The second-order valence-electron chi connectivity index (χ2n) is 18.0. The van der Waals surface area contributed by atoms with Crippen molar-refractivity contribution in [3.63, 3.8) is 0 Å². The summed E-state index contributed by atoms with van der Waals surface area (Å²) < 4.78 is 1.23. The molecule has 2 nitrogen and oxygen atoms in total. The number of unbranched alkanes of at least 4 members (excludes halogenated alkanes) is 14. The first kappa shape index (κ1) is 44.4. The highest BCUT2D eigenvalue weighted by molar-refractivity contribution is 7.21. The molecule has 324 valence electrons. The normalized spacial score (nSPS) is 12.9. The molecule has 0 aliphatic heterocycles. The second kappa shape index (κ2) is 22.4. The molecular formula is C60H68N2S. The van der Waals surface area contributed by atoms with Gasteiger partial charge in [-0.05, 0) is 94.8 Å². The molecule has 0 atom stereocenters. The molecule has 0 radical (unpaired) electrons. The van der Waals surface area contributed by atoms with Gasteiger partial charge in [-0.25, -0.2) is 4.98 Å². The summed E-state index contributed by atoms with van der Waals surface area (Å²) in [5, 5.41) is 1.08. The molecule has 8 rings (SSSR count). The van der Waals surface area contributed by atoms with Crippen molar-refractivity contribution in [2.75, 3.05) is 4.90 Å². The number of benzene rings is 6. The molecule has 1 heterocycles. The highest BCUT2D eigenvalue weighted by Crippen LogP contribution is 2.56. The van der Waals surface area contributed by atoms with Crippen molar-refractivity contribution in [2.24, 2.45) is 0 Å². The minimum absolute atomic E-state index is 0.0348. The minimum atomic E-state index is -0.0348. The zero-order valence-corrected chi connectivity index (χ0v) is 38.9. The Morgan fingerprint density at radius 2 is 0.952 bits per heavy atom. The highest BCUT2D eigenvalue weighted by Gasteiger charge is 2.42. The SMILES string of the molecule is CCCCCCCCCCC1(CCCCCCCCCC)c2cc(/C=C/c3ccc(-c4nc5ccccc5s4)cc3)ccc2-c2ccc(N(c3ccccc3)c3ccccc3)cc21. The second-order valence-corrected chi connectivity index (χ2v) is 19.0. The van der Waals surface area contributed by atoms with Gasteiger partial charge in [0, 0.05) is 28.0 Å². The van der Waals surface area contributed by atoms with Crippen LogP contribution in [0.15, 0.2) is 146 Å². The summed E-state index contributed by atoms with van der Waals surface area (Å²) in [6, 6.07) is 54.0. The van der Waals surface area contributed by atoms with E-state index in [9.17, 15) is 0 Å². The third-order valence-corrected chi connectivity index (χ3v) is 14.6. The van der Waals surface area contributed by atoms with Crippen LogP contribution in [0.1, 0.15) is 152 Å². The molecule has 0 spiro atoms. The van der Waals surface area contributed by atoms with Gasteiger partial charge in [-0.1, -0.05) is 226 Å². The third-order valence-electron chi connectivity index (χ3n) is 13.5. The van der Waals surface area contributed by atoms with Gasteiger partial charge in [0.2, 0.25) is 0 Å². The van der Waals surface area contributed by atoms with Gasteiger partial charge in [0.25, 0.3) is 0 Å². The van der Waals surface area contributed by atoms with E-state index in [-0.39, 0.29) is 5.41 Å². The van der Waals surface area contributed by atoms with Crippen molar-refractivity contribution in [3.05, 3.63) is 168 Å². The first-order valence-electron chi connectivity index (χ1n) is 24.5. The lowest BCUT2D eigenvalue weighted by Gasteiger charge is -2.34. The number of hydrogen-bond acceptors (Lipinski definition) is 3. The molecule has 1 aromatic heterocycles. The fourth-order valence-electron chi connectivity index (χ4n) is 10.1. The van der Waals surface area contributed by atoms with E-state index in [1.807, 2.05) is 0 Å². The number of para-hydroxylation sites is 3. The maximum Gasteiger partial charge on any atom is 0.124 e. The van der Waals surface area contributed by atoms with Crippen molar-refractivity contribution in [1.29, 1.82) is 0 Å². The molecular weight excluding hydrogens is 781 g/mol. The van der Waals surface area contributed by atoms with Gasteiger partial charge >= 0.3 is 0 Å². The summed E-state index contributed by atoms with van der Waals surface area (Å²) in [6.07, 6.45) is 28.4. The van der Waals surface area contributed by atoms with Gasteiger partial charge in [0.15, 0.2) is 0 Å². The summed E-state index contributed by atoms with van der Waals surface area (Å²) in [5.41, 5.74) is 14.3. The first-order chi connectivity index (χ1) is 31.2. The van der Waals surface area contributed by atoms with Crippen LogP contribution in [0.4, 0.5) is 17.1 Å². The van der Waals surface area contributed by atoms with Gasteiger partial charge in [-0.3, -0.25) is 0 Å². The number of nitrogens with zero attached hydrogens (tertiary/aromatic N) is 2. The first-order valence-corrected chi connectivity index (χ1v) is 25.3. The quantitative estimate of drug-likeness (QED) is 0.0445. The summed E-state index contributed by atoms with van der Waals surface area (Å²) in [6.45, 7) is 4.63. The van der Waals surface area contributed by atoms with Crippen LogP contribution < -0.4 is 4.90 Å². The molecule has 0 bridgehead atoms. The topological polar surface area (TPSA) is 16.1 Å². The van der Waals surface area contributed by atoms with E-state index in [4.69, 9.17) is 4.98 Å². The smallest absolute Gasteiger partial charge is 0.124 e. The Morgan fingerprint density at radius 1 is 0.460 bits per heavy atom. The molecule has 7 aromatic rings. The van der Waals surface area contributed by atoms with Gasteiger partial charge in [-0.15, -0.1) is 11.3 Å². The summed E-state index contributed by atoms with van der Waals surface area (Å²) in [4.78, 5) is 7.36. The van der Waals surface area contributed by atoms with Crippen molar-refractivity contribution in [3.8, 4) is 21.7 Å². The lowest BCUT2D eigenvalue weighted by molar-refractivity contribution is 0.397. The Morgan fingerprint density at radius 3 is 1.54 bits per heavy atom. The fraction of sp³-hybridized carbons (Fsp3) is 0.350. The van der Waals surface area contributed by atoms with Crippen LogP contribution in [-0.2, 0) is 5.41 Å². The maximum atomic E-state index is 4.91. The molecule has 3 heteroatoms. The summed E-state index contributed by atoms with van der Waals surface area (Å²) >= 11 is 1.76. The Kier molecular flexibility index (Phi) is 15.8. The van der Waals surface area contributed by atoms with Crippen LogP contribution in [0.5, 0.6) is 0 Å². The zero-order valence-electron chi connectivity index (χ0n) is 38.0. The van der Waals surface area contributed by atoms with Crippen molar-refractivity contribution >= 4 is 50.8 Å². The van der Waals surface area contributed by atoms with E-state index < -0.39 is 0 Å². The lowest BCUT2D eigenvalue weighted by atomic mass is 9.70. The number of rotatable bonds is 24. The molecule has 1 aliphatic carbocycles.